The first-order valence-electron chi connectivity index (χ1n) is 7.26. The average molecular weight is 360 g/mol. The first kappa shape index (κ1) is 16.0. The van der Waals surface area contributed by atoms with Gasteiger partial charge in [0.05, 0.1) is 4.90 Å². The van der Waals surface area contributed by atoms with E-state index in [1.54, 1.807) is 16.4 Å². The van der Waals surface area contributed by atoms with Crippen LogP contribution in [-0.4, -0.2) is 30.6 Å². The van der Waals surface area contributed by atoms with Gasteiger partial charge in [-0.05, 0) is 37.0 Å². The van der Waals surface area contributed by atoms with Gasteiger partial charge in [0, 0.05) is 17.9 Å². The molecule has 0 amide bonds. The number of nitrogens with zero attached hydrogens (tertiary/aromatic N) is 1. The molecule has 1 aromatic rings. The van der Waals surface area contributed by atoms with Crippen molar-refractivity contribution in [2.24, 2.45) is 0 Å². The fourth-order valence-corrected chi connectivity index (χ4v) is 4.81. The largest absolute Gasteiger partial charge is 0.243 e. The number of hydrogen-bond acceptors (Lipinski definition) is 2. The maximum Gasteiger partial charge on any atom is 0.243 e. The third kappa shape index (κ3) is 3.43. The Morgan fingerprint density at radius 2 is 1.90 bits per heavy atom. The van der Waals surface area contributed by atoms with Gasteiger partial charge in [0.2, 0.25) is 10.0 Å². The molecule has 112 valence electrons. The lowest BCUT2D eigenvalue weighted by atomic mass is 9.93. The molecule has 1 aliphatic carbocycles. The maximum atomic E-state index is 12.7. The molecule has 1 aromatic carbocycles. The zero-order valence-corrected chi connectivity index (χ0v) is 14.3. The molecule has 0 unspecified atom stereocenters. The molecule has 1 aliphatic rings. The molecule has 0 saturated heterocycles. The highest BCUT2D eigenvalue weighted by Crippen LogP contribution is 2.30. The summed E-state index contributed by atoms with van der Waals surface area (Å²) in [6, 6.07) is 7.56. The highest BCUT2D eigenvalue weighted by molar-refractivity contribution is 9.09. The van der Waals surface area contributed by atoms with Crippen molar-refractivity contribution in [3.63, 3.8) is 0 Å². The van der Waals surface area contributed by atoms with Crippen LogP contribution in [0.4, 0.5) is 0 Å². The zero-order valence-electron chi connectivity index (χ0n) is 11.9. The van der Waals surface area contributed by atoms with Gasteiger partial charge in [-0.3, -0.25) is 0 Å². The van der Waals surface area contributed by atoms with Crippen LogP contribution in [0.1, 0.15) is 38.2 Å². The third-order valence-corrected chi connectivity index (χ3v) is 6.18. The molecule has 5 heteroatoms. The van der Waals surface area contributed by atoms with Crippen molar-refractivity contribution in [2.75, 3.05) is 11.9 Å². The highest BCUT2D eigenvalue weighted by Gasteiger charge is 2.34. The molecule has 2 rings (SSSR count). The van der Waals surface area contributed by atoms with E-state index in [1.807, 2.05) is 12.1 Å². The van der Waals surface area contributed by atoms with Gasteiger partial charge >= 0.3 is 0 Å². The molecular weight excluding hydrogens is 338 g/mol. The fraction of sp³-hybridized carbons (Fsp3) is 0.600. The van der Waals surface area contributed by atoms with Gasteiger partial charge in [-0.25, -0.2) is 8.42 Å². The van der Waals surface area contributed by atoms with E-state index in [4.69, 9.17) is 0 Å². The van der Waals surface area contributed by atoms with Gasteiger partial charge in [-0.1, -0.05) is 47.8 Å². The molecule has 0 spiro atoms. The fourth-order valence-electron chi connectivity index (χ4n) is 2.51. The predicted molar refractivity (Wildman–Crippen MR) is 85.8 cm³/mol. The van der Waals surface area contributed by atoms with E-state index < -0.39 is 10.0 Å². The Bertz CT molecular complexity index is 523. The number of halogens is 1. The molecule has 20 heavy (non-hydrogen) atoms. The van der Waals surface area contributed by atoms with Crippen molar-refractivity contribution < 1.29 is 8.42 Å². The molecule has 0 heterocycles. The molecule has 0 aliphatic heterocycles. The molecule has 0 atom stereocenters. The van der Waals surface area contributed by atoms with Crippen LogP contribution in [0.5, 0.6) is 0 Å². The second-order valence-corrected chi connectivity index (χ2v) is 7.97. The van der Waals surface area contributed by atoms with Crippen molar-refractivity contribution in [1.82, 2.24) is 4.31 Å². The van der Waals surface area contributed by atoms with Gasteiger partial charge in [-0.15, -0.1) is 0 Å². The monoisotopic (exact) mass is 359 g/mol. The SMILES string of the molecule is CCCc1ccc(S(=O)(=O)N(CCBr)C2CCC2)cc1. The van der Waals surface area contributed by atoms with Gasteiger partial charge in [0.1, 0.15) is 0 Å². The van der Waals surface area contributed by atoms with Gasteiger partial charge in [0.25, 0.3) is 0 Å². The van der Waals surface area contributed by atoms with Crippen LogP contribution in [0.2, 0.25) is 0 Å². The molecule has 0 radical (unpaired) electrons. The van der Waals surface area contributed by atoms with E-state index in [-0.39, 0.29) is 6.04 Å². The zero-order chi connectivity index (χ0) is 14.6. The minimum atomic E-state index is -3.35. The Balaban J connectivity index is 2.22. The van der Waals surface area contributed by atoms with Crippen LogP contribution >= 0.6 is 15.9 Å². The maximum absolute atomic E-state index is 12.7. The van der Waals surface area contributed by atoms with Crippen LogP contribution in [-0.2, 0) is 16.4 Å². The molecule has 1 saturated carbocycles. The average Bonchev–Trinajstić information content (AvgIpc) is 2.37. The number of sulfonamides is 1. The Morgan fingerprint density at radius 3 is 2.35 bits per heavy atom. The summed E-state index contributed by atoms with van der Waals surface area (Å²) >= 11 is 3.36. The normalized spacial score (nSPS) is 16.4. The summed E-state index contributed by atoms with van der Waals surface area (Å²) < 4.78 is 27.1. The lowest BCUT2D eigenvalue weighted by molar-refractivity contribution is 0.228. The molecule has 3 nitrogen and oxygen atoms in total. The Kier molecular flexibility index (Phi) is 5.64. The first-order chi connectivity index (χ1) is 9.59. The third-order valence-electron chi connectivity index (χ3n) is 3.86. The van der Waals surface area contributed by atoms with Crippen LogP contribution in [0, 0.1) is 0 Å². The van der Waals surface area contributed by atoms with Crippen LogP contribution in [0.3, 0.4) is 0 Å². The number of rotatable bonds is 7. The Labute approximate surface area is 130 Å². The lowest BCUT2D eigenvalue weighted by Crippen LogP contribution is -2.45. The smallest absolute Gasteiger partial charge is 0.207 e. The summed E-state index contributed by atoms with van der Waals surface area (Å²) in [6.07, 6.45) is 5.17. The minimum Gasteiger partial charge on any atom is -0.207 e. The number of hydrogen-bond donors (Lipinski definition) is 0. The second-order valence-electron chi connectivity index (χ2n) is 5.28. The summed E-state index contributed by atoms with van der Waals surface area (Å²) in [7, 11) is -3.35. The van der Waals surface area contributed by atoms with Crippen molar-refractivity contribution >= 4 is 26.0 Å². The lowest BCUT2D eigenvalue weighted by Gasteiger charge is -2.36. The summed E-state index contributed by atoms with van der Waals surface area (Å²) in [6.45, 7) is 2.67. The molecule has 1 fully saturated rings. The quantitative estimate of drug-likeness (QED) is 0.697. The number of aryl methyl sites for hydroxylation is 1. The standard InChI is InChI=1S/C15H22BrNO2S/c1-2-4-13-7-9-15(10-8-13)20(18,19)17(12-11-16)14-5-3-6-14/h7-10,14H,2-6,11-12H2,1H3. The highest BCUT2D eigenvalue weighted by atomic mass is 79.9. The van der Waals surface area contributed by atoms with Gasteiger partial charge < -0.3 is 0 Å². The summed E-state index contributed by atoms with van der Waals surface area (Å²) in [5, 5.41) is 0.677. The minimum absolute atomic E-state index is 0.188. The van der Waals surface area contributed by atoms with Crippen molar-refractivity contribution in [3.8, 4) is 0 Å². The van der Waals surface area contributed by atoms with Crippen molar-refractivity contribution in [2.45, 2.75) is 50.0 Å². The van der Waals surface area contributed by atoms with E-state index in [0.717, 1.165) is 32.1 Å². The number of benzene rings is 1. The predicted octanol–water partition coefficient (Wildman–Crippen LogP) is 3.58. The Hall–Kier alpha value is -0.390. The van der Waals surface area contributed by atoms with Crippen LogP contribution in [0.25, 0.3) is 0 Å². The first-order valence-corrected chi connectivity index (χ1v) is 9.82. The van der Waals surface area contributed by atoms with Crippen LogP contribution < -0.4 is 0 Å². The topological polar surface area (TPSA) is 37.4 Å². The van der Waals surface area contributed by atoms with E-state index in [0.29, 0.717) is 16.8 Å². The van der Waals surface area contributed by atoms with Gasteiger partial charge in [0.15, 0.2) is 0 Å². The second kappa shape index (κ2) is 7.05. The molecular formula is C15H22BrNO2S. The van der Waals surface area contributed by atoms with Crippen molar-refractivity contribution in [1.29, 1.82) is 0 Å². The van der Waals surface area contributed by atoms with E-state index in [1.165, 1.54) is 5.56 Å². The molecule has 0 aromatic heterocycles. The summed E-state index contributed by atoms with van der Waals surface area (Å²) in [5.74, 6) is 0. The Morgan fingerprint density at radius 1 is 1.25 bits per heavy atom. The van der Waals surface area contributed by atoms with Gasteiger partial charge in [-0.2, -0.15) is 4.31 Å². The molecule has 0 bridgehead atoms. The summed E-state index contributed by atoms with van der Waals surface area (Å²) in [4.78, 5) is 0.421. The molecule has 0 N–H and O–H groups in total. The number of alkyl halides is 1. The van der Waals surface area contributed by atoms with E-state index >= 15 is 0 Å². The summed E-state index contributed by atoms with van der Waals surface area (Å²) in [5.41, 5.74) is 1.20. The van der Waals surface area contributed by atoms with E-state index in [2.05, 4.69) is 22.9 Å². The van der Waals surface area contributed by atoms with Crippen LogP contribution in [0.15, 0.2) is 29.2 Å². The van der Waals surface area contributed by atoms with E-state index in [9.17, 15) is 8.42 Å². The van der Waals surface area contributed by atoms with Crippen molar-refractivity contribution in [3.05, 3.63) is 29.8 Å².